The molecule has 1 heteroatoms. The quantitative estimate of drug-likeness (QED) is 0.697. The second kappa shape index (κ2) is 4.06. The molecule has 0 fully saturated rings. The van der Waals surface area contributed by atoms with Crippen molar-refractivity contribution < 1.29 is 18.6 Å². The molecule has 0 spiro atoms. The van der Waals surface area contributed by atoms with Gasteiger partial charge in [0.2, 0.25) is 0 Å². The van der Waals surface area contributed by atoms with Gasteiger partial charge in [0.1, 0.15) is 0 Å². The van der Waals surface area contributed by atoms with Crippen LogP contribution in [0, 0.1) is 0 Å². The van der Waals surface area contributed by atoms with Crippen molar-refractivity contribution in [3.63, 3.8) is 0 Å². The first-order chi connectivity index (χ1) is 5.24. The van der Waals surface area contributed by atoms with Crippen LogP contribution in [0.1, 0.15) is 20.3 Å². The minimum absolute atomic E-state index is 0.208. The van der Waals surface area contributed by atoms with Crippen molar-refractivity contribution in [1.29, 1.82) is 0 Å². The van der Waals surface area contributed by atoms with E-state index in [0.717, 1.165) is 4.31 Å². The molecule has 0 nitrogen and oxygen atoms in total. The third-order valence-electron chi connectivity index (χ3n) is 1.62. The Labute approximate surface area is 77.6 Å². The molecule has 0 saturated heterocycles. The average Bonchev–Trinajstić information content (AvgIpc) is 2.37. The maximum absolute atomic E-state index is 3.81. The number of hydrogen-bond acceptors (Lipinski definition) is 0. The Morgan fingerprint density at radius 3 is 2.91 bits per heavy atom. The molecule has 0 bridgehead atoms. The van der Waals surface area contributed by atoms with Crippen LogP contribution in [0.5, 0.6) is 0 Å². The molecule has 64 valence electrons. The molecule has 1 rings (SSSR count). The summed E-state index contributed by atoms with van der Waals surface area (Å²) in [5.74, 6) is 0. The number of rotatable bonds is 3. The molecule has 0 aliphatic heterocycles. The van der Waals surface area contributed by atoms with Gasteiger partial charge in [0, 0.05) is 0 Å². The summed E-state index contributed by atoms with van der Waals surface area (Å²) in [4.78, 5) is 0. The van der Waals surface area contributed by atoms with Crippen molar-refractivity contribution in [1.82, 2.24) is 0 Å². The summed E-state index contributed by atoms with van der Waals surface area (Å²) in [7, 11) is 0. The molecule has 0 radical (unpaired) electrons. The predicted octanol–water partition coefficient (Wildman–Crippen LogP) is 3.30. The predicted molar refractivity (Wildman–Crippen MR) is 46.1 cm³/mol. The van der Waals surface area contributed by atoms with Crippen LogP contribution in [-0.2, 0) is 18.6 Å². The van der Waals surface area contributed by atoms with Gasteiger partial charge in [-0.2, -0.15) is 0 Å². The summed E-state index contributed by atoms with van der Waals surface area (Å²) in [6, 6.07) is 0. The van der Waals surface area contributed by atoms with Gasteiger partial charge in [-0.1, -0.05) is 0 Å². The topological polar surface area (TPSA) is 0 Å². The molecule has 11 heavy (non-hydrogen) atoms. The Kier molecular flexibility index (Phi) is 3.33. The molecule has 0 aromatic carbocycles. The third kappa shape index (κ3) is 2.45. The zero-order chi connectivity index (χ0) is 8.27. The molecular formula is C10H14Pt. The molecule has 0 heterocycles. The van der Waals surface area contributed by atoms with Gasteiger partial charge in [-0.15, -0.1) is 0 Å². The van der Waals surface area contributed by atoms with Crippen molar-refractivity contribution in [2.24, 2.45) is 0 Å². The molecular weight excluding hydrogens is 315 g/mol. The first-order valence-electron chi connectivity index (χ1n) is 3.79. The summed E-state index contributed by atoms with van der Waals surface area (Å²) >= 11 is 0.208. The fraction of sp³-hybridized carbons (Fsp3) is 0.400. The fourth-order valence-corrected chi connectivity index (χ4v) is 3.66. The van der Waals surface area contributed by atoms with E-state index in [9.17, 15) is 0 Å². The Hall–Kier alpha value is -0.0917. The number of hydrogen-bond donors (Lipinski definition) is 0. The van der Waals surface area contributed by atoms with E-state index in [2.05, 4.69) is 38.7 Å². The summed E-state index contributed by atoms with van der Waals surface area (Å²) in [6.45, 7) is 8.29. The maximum atomic E-state index is 3.81. The molecule has 0 aromatic rings. The van der Waals surface area contributed by atoms with Crippen molar-refractivity contribution >= 4 is 0 Å². The van der Waals surface area contributed by atoms with Crippen molar-refractivity contribution in [3.05, 3.63) is 34.3 Å². The van der Waals surface area contributed by atoms with Gasteiger partial charge in [-0.05, 0) is 0 Å². The minimum atomic E-state index is 0.208. The van der Waals surface area contributed by atoms with Crippen LogP contribution in [0.2, 0.25) is 4.31 Å². The molecule has 1 atom stereocenters. The van der Waals surface area contributed by atoms with E-state index < -0.39 is 0 Å². The molecule has 0 N–H and O–H groups in total. The van der Waals surface area contributed by atoms with Crippen LogP contribution in [0.15, 0.2) is 34.3 Å². The van der Waals surface area contributed by atoms with Gasteiger partial charge >= 0.3 is 77.5 Å². The van der Waals surface area contributed by atoms with E-state index in [1.54, 1.807) is 3.96 Å². The van der Waals surface area contributed by atoms with E-state index in [4.69, 9.17) is 0 Å². The number of allylic oxidation sites excluding steroid dienone is 5. The second-order valence-corrected chi connectivity index (χ2v) is 6.70. The average molecular weight is 329 g/mol. The Morgan fingerprint density at radius 1 is 1.73 bits per heavy atom. The van der Waals surface area contributed by atoms with Gasteiger partial charge in [-0.3, -0.25) is 0 Å². The summed E-state index contributed by atoms with van der Waals surface area (Å²) in [6.07, 6.45) is 7.79. The summed E-state index contributed by atoms with van der Waals surface area (Å²) in [5, 5.41) is 0. The normalized spacial score (nSPS) is 19.5. The van der Waals surface area contributed by atoms with Crippen LogP contribution >= 0.6 is 0 Å². The summed E-state index contributed by atoms with van der Waals surface area (Å²) in [5.41, 5.74) is 1.51. The van der Waals surface area contributed by atoms with Gasteiger partial charge in [0.05, 0.1) is 0 Å². The Morgan fingerprint density at radius 2 is 2.45 bits per heavy atom. The molecule has 1 aliphatic rings. The molecule has 0 saturated carbocycles. The van der Waals surface area contributed by atoms with Gasteiger partial charge in [0.15, 0.2) is 0 Å². The van der Waals surface area contributed by atoms with Crippen molar-refractivity contribution in [2.75, 3.05) is 0 Å². The molecule has 0 aromatic heterocycles. The first kappa shape index (κ1) is 9.00. The first-order valence-corrected chi connectivity index (χ1v) is 6.24. The van der Waals surface area contributed by atoms with Crippen LogP contribution in [0.4, 0.5) is 0 Å². The Bertz CT molecular complexity index is 211. The van der Waals surface area contributed by atoms with Gasteiger partial charge in [-0.25, -0.2) is 0 Å². The fourth-order valence-electron chi connectivity index (χ4n) is 0.899. The van der Waals surface area contributed by atoms with E-state index in [1.807, 2.05) is 0 Å². The van der Waals surface area contributed by atoms with E-state index in [1.165, 1.54) is 12.0 Å². The zero-order valence-corrected chi connectivity index (χ0v) is 9.31. The van der Waals surface area contributed by atoms with Gasteiger partial charge < -0.3 is 0 Å². The van der Waals surface area contributed by atoms with Crippen LogP contribution in [0.3, 0.4) is 0 Å². The van der Waals surface area contributed by atoms with Crippen LogP contribution < -0.4 is 0 Å². The van der Waals surface area contributed by atoms with Crippen molar-refractivity contribution in [3.8, 4) is 0 Å². The third-order valence-corrected chi connectivity index (χ3v) is 5.34. The summed E-state index contributed by atoms with van der Waals surface area (Å²) < 4.78 is 2.43. The van der Waals surface area contributed by atoms with E-state index in [0.29, 0.717) is 0 Å². The van der Waals surface area contributed by atoms with E-state index in [-0.39, 0.29) is 18.6 Å². The molecule has 1 unspecified atom stereocenters. The van der Waals surface area contributed by atoms with Crippen molar-refractivity contribution in [2.45, 2.75) is 24.6 Å². The van der Waals surface area contributed by atoms with Crippen LogP contribution in [-0.4, -0.2) is 0 Å². The SMILES string of the molecule is C=C[CH](C)[Pt][C]1=C(C)C=CC1. The van der Waals surface area contributed by atoms with E-state index >= 15 is 0 Å². The standard InChI is InChI=1S/C6H7.C4H7.Pt/c1-6-4-2-3-5-6;1-3-4-2;/h2,4H,3H2,1H3;3-4H,1H2,2H3;. The van der Waals surface area contributed by atoms with Gasteiger partial charge in [0.25, 0.3) is 0 Å². The molecule has 0 amide bonds. The zero-order valence-electron chi connectivity index (χ0n) is 7.04. The molecule has 1 aliphatic carbocycles. The van der Waals surface area contributed by atoms with Crippen LogP contribution in [0.25, 0.3) is 0 Å². The Balaban J connectivity index is 2.51. The monoisotopic (exact) mass is 329 g/mol. The second-order valence-electron chi connectivity index (χ2n) is 2.61.